The van der Waals surface area contributed by atoms with E-state index in [1.165, 1.54) is 0 Å². The number of amides is 1. The summed E-state index contributed by atoms with van der Waals surface area (Å²) in [6.07, 6.45) is 4.94. The molecule has 0 aliphatic heterocycles. The standard InChI is InChI=1S/C19H17BrN4O/c1-13-8-15(20)5-6-18(13)24-17-9-14(10-21-11-17)19(25)23-12-16-4-2-3-7-22-16/h2-11,24H,12H2,1H3,(H,23,25). The van der Waals surface area contributed by atoms with Crippen molar-refractivity contribution in [1.82, 2.24) is 15.3 Å². The van der Waals surface area contributed by atoms with Crippen LogP contribution in [0.25, 0.3) is 0 Å². The Morgan fingerprint density at radius 3 is 2.80 bits per heavy atom. The largest absolute Gasteiger partial charge is 0.354 e. The molecule has 0 atom stereocenters. The van der Waals surface area contributed by atoms with E-state index in [1.54, 1.807) is 24.7 Å². The van der Waals surface area contributed by atoms with E-state index in [4.69, 9.17) is 0 Å². The molecule has 2 N–H and O–H groups in total. The van der Waals surface area contributed by atoms with Crippen LogP contribution >= 0.6 is 15.9 Å². The van der Waals surface area contributed by atoms with Gasteiger partial charge in [-0.25, -0.2) is 0 Å². The third kappa shape index (κ3) is 4.64. The van der Waals surface area contributed by atoms with E-state index < -0.39 is 0 Å². The molecule has 0 aliphatic rings. The predicted molar refractivity (Wildman–Crippen MR) is 102 cm³/mol. The molecule has 3 rings (SSSR count). The van der Waals surface area contributed by atoms with Gasteiger partial charge in [0, 0.05) is 22.6 Å². The first-order chi connectivity index (χ1) is 12.1. The third-order valence-electron chi connectivity index (χ3n) is 3.62. The van der Waals surface area contributed by atoms with Crippen molar-refractivity contribution in [3.63, 3.8) is 0 Å². The molecular weight excluding hydrogens is 380 g/mol. The minimum absolute atomic E-state index is 0.186. The lowest BCUT2D eigenvalue weighted by Gasteiger charge is -2.11. The zero-order valence-electron chi connectivity index (χ0n) is 13.7. The topological polar surface area (TPSA) is 66.9 Å². The normalized spacial score (nSPS) is 10.3. The Morgan fingerprint density at radius 1 is 1.16 bits per heavy atom. The minimum Gasteiger partial charge on any atom is -0.354 e. The van der Waals surface area contributed by atoms with E-state index in [0.717, 1.165) is 27.1 Å². The fourth-order valence-electron chi connectivity index (χ4n) is 2.33. The predicted octanol–water partition coefficient (Wildman–Crippen LogP) is 4.22. The van der Waals surface area contributed by atoms with Crippen LogP contribution in [0.4, 0.5) is 11.4 Å². The number of benzene rings is 1. The van der Waals surface area contributed by atoms with Crippen molar-refractivity contribution in [2.24, 2.45) is 0 Å². The number of halogens is 1. The molecule has 2 heterocycles. The van der Waals surface area contributed by atoms with Gasteiger partial charge in [0.05, 0.1) is 29.7 Å². The Labute approximate surface area is 154 Å². The summed E-state index contributed by atoms with van der Waals surface area (Å²) < 4.78 is 1.02. The first-order valence-electron chi connectivity index (χ1n) is 7.78. The molecule has 0 aliphatic carbocycles. The molecule has 0 radical (unpaired) electrons. The van der Waals surface area contributed by atoms with Crippen LogP contribution < -0.4 is 10.6 Å². The molecule has 3 aromatic rings. The maximum atomic E-state index is 12.3. The molecule has 1 aromatic carbocycles. The molecule has 0 unspecified atom stereocenters. The van der Waals surface area contributed by atoms with Crippen LogP contribution in [0.3, 0.4) is 0 Å². The number of nitrogens with one attached hydrogen (secondary N) is 2. The highest BCUT2D eigenvalue weighted by Crippen LogP contribution is 2.23. The van der Waals surface area contributed by atoms with Gasteiger partial charge in [-0.05, 0) is 48.9 Å². The Bertz CT molecular complexity index is 884. The van der Waals surface area contributed by atoms with E-state index in [0.29, 0.717) is 12.1 Å². The highest BCUT2D eigenvalue weighted by Gasteiger charge is 2.08. The minimum atomic E-state index is -0.186. The zero-order valence-corrected chi connectivity index (χ0v) is 15.2. The number of rotatable bonds is 5. The number of anilines is 2. The Hall–Kier alpha value is -2.73. The van der Waals surface area contributed by atoms with Gasteiger partial charge in [-0.1, -0.05) is 22.0 Å². The van der Waals surface area contributed by atoms with Crippen LogP contribution in [0.5, 0.6) is 0 Å². The summed E-state index contributed by atoms with van der Waals surface area (Å²) in [7, 11) is 0. The molecule has 0 fully saturated rings. The summed E-state index contributed by atoms with van der Waals surface area (Å²) in [6, 6.07) is 13.4. The summed E-state index contributed by atoms with van der Waals surface area (Å²) in [4.78, 5) is 20.7. The van der Waals surface area contributed by atoms with Crippen molar-refractivity contribution in [3.05, 3.63) is 82.3 Å². The second kappa shape index (κ2) is 7.90. The van der Waals surface area contributed by atoms with Gasteiger partial charge >= 0.3 is 0 Å². The van der Waals surface area contributed by atoms with Crippen LogP contribution in [0.2, 0.25) is 0 Å². The molecule has 6 heteroatoms. The molecule has 0 saturated carbocycles. The van der Waals surface area contributed by atoms with Crippen molar-refractivity contribution in [1.29, 1.82) is 0 Å². The molecule has 126 valence electrons. The number of aromatic nitrogens is 2. The highest BCUT2D eigenvalue weighted by molar-refractivity contribution is 9.10. The SMILES string of the molecule is Cc1cc(Br)ccc1Nc1cncc(C(=O)NCc2ccccn2)c1. The van der Waals surface area contributed by atoms with Crippen molar-refractivity contribution in [3.8, 4) is 0 Å². The second-order valence-electron chi connectivity index (χ2n) is 5.55. The zero-order chi connectivity index (χ0) is 17.6. The highest BCUT2D eigenvalue weighted by atomic mass is 79.9. The van der Waals surface area contributed by atoms with Gasteiger partial charge in [-0.2, -0.15) is 0 Å². The van der Waals surface area contributed by atoms with Gasteiger partial charge in [-0.15, -0.1) is 0 Å². The van der Waals surface area contributed by atoms with Crippen molar-refractivity contribution >= 4 is 33.2 Å². The van der Waals surface area contributed by atoms with E-state index in [9.17, 15) is 4.79 Å². The number of pyridine rings is 2. The number of aryl methyl sites for hydroxylation is 1. The van der Waals surface area contributed by atoms with E-state index in [1.807, 2.05) is 43.3 Å². The molecule has 5 nitrogen and oxygen atoms in total. The fourth-order valence-corrected chi connectivity index (χ4v) is 2.81. The molecular formula is C19H17BrN4O. The summed E-state index contributed by atoms with van der Waals surface area (Å²) >= 11 is 3.45. The number of carbonyl (C=O) groups is 1. The lowest BCUT2D eigenvalue weighted by atomic mass is 10.2. The second-order valence-corrected chi connectivity index (χ2v) is 6.47. The molecule has 25 heavy (non-hydrogen) atoms. The average molecular weight is 397 g/mol. The first-order valence-corrected chi connectivity index (χ1v) is 8.57. The average Bonchev–Trinajstić information content (AvgIpc) is 2.63. The van der Waals surface area contributed by atoms with Gasteiger partial charge in [0.25, 0.3) is 5.91 Å². The fraction of sp³-hybridized carbons (Fsp3) is 0.105. The lowest BCUT2D eigenvalue weighted by molar-refractivity contribution is 0.0950. The maximum absolute atomic E-state index is 12.3. The molecule has 0 saturated heterocycles. The summed E-state index contributed by atoms with van der Waals surface area (Å²) in [5.41, 5.74) is 4.13. The van der Waals surface area contributed by atoms with Crippen LogP contribution in [-0.4, -0.2) is 15.9 Å². The van der Waals surface area contributed by atoms with Crippen LogP contribution in [-0.2, 0) is 6.54 Å². The van der Waals surface area contributed by atoms with Gasteiger partial charge in [-0.3, -0.25) is 14.8 Å². The number of carbonyl (C=O) groups excluding carboxylic acids is 1. The molecule has 0 bridgehead atoms. The lowest BCUT2D eigenvalue weighted by Crippen LogP contribution is -2.23. The third-order valence-corrected chi connectivity index (χ3v) is 4.12. The van der Waals surface area contributed by atoms with Gasteiger partial charge in [0.1, 0.15) is 0 Å². The van der Waals surface area contributed by atoms with Crippen LogP contribution in [0.1, 0.15) is 21.6 Å². The van der Waals surface area contributed by atoms with Crippen molar-refractivity contribution in [2.45, 2.75) is 13.5 Å². The Morgan fingerprint density at radius 2 is 2.04 bits per heavy atom. The number of hydrogen-bond acceptors (Lipinski definition) is 4. The molecule has 0 spiro atoms. The first kappa shape index (κ1) is 17.1. The van der Waals surface area contributed by atoms with Gasteiger partial charge < -0.3 is 10.6 Å². The number of nitrogens with zero attached hydrogens (tertiary/aromatic N) is 2. The summed E-state index contributed by atoms with van der Waals surface area (Å²) in [5, 5.41) is 6.14. The van der Waals surface area contributed by atoms with Gasteiger partial charge in [0.15, 0.2) is 0 Å². The van der Waals surface area contributed by atoms with Crippen molar-refractivity contribution in [2.75, 3.05) is 5.32 Å². The monoisotopic (exact) mass is 396 g/mol. The van der Waals surface area contributed by atoms with Crippen LogP contribution in [0, 0.1) is 6.92 Å². The molecule has 1 amide bonds. The number of hydrogen-bond donors (Lipinski definition) is 2. The quantitative estimate of drug-likeness (QED) is 0.677. The summed E-state index contributed by atoms with van der Waals surface area (Å²) in [6.45, 7) is 2.40. The van der Waals surface area contributed by atoms with E-state index >= 15 is 0 Å². The van der Waals surface area contributed by atoms with Gasteiger partial charge in [0.2, 0.25) is 0 Å². The Balaban J connectivity index is 1.69. The van der Waals surface area contributed by atoms with E-state index in [-0.39, 0.29) is 5.91 Å². The van der Waals surface area contributed by atoms with E-state index in [2.05, 4.69) is 36.5 Å². The maximum Gasteiger partial charge on any atom is 0.253 e. The van der Waals surface area contributed by atoms with Crippen molar-refractivity contribution < 1.29 is 4.79 Å². The summed E-state index contributed by atoms with van der Waals surface area (Å²) in [5.74, 6) is -0.186. The van der Waals surface area contributed by atoms with Crippen LogP contribution in [0.15, 0.2) is 65.5 Å². The smallest absolute Gasteiger partial charge is 0.253 e. The Kier molecular flexibility index (Phi) is 5.40. The molecule has 2 aromatic heterocycles.